The largest absolute Gasteiger partial charge is 0.479 e. The maximum absolute atomic E-state index is 12.8. The van der Waals surface area contributed by atoms with Crippen LogP contribution in [0.3, 0.4) is 0 Å². The van der Waals surface area contributed by atoms with E-state index in [0.29, 0.717) is 0 Å². The fourth-order valence-electron chi connectivity index (χ4n) is 1.47. The number of amides is 1. The number of hydrogen-bond donors (Lipinski definition) is 2. The van der Waals surface area contributed by atoms with E-state index in [0.717, 1.165) is 12.1 Å². The SMILES string of the molecule is CC(=O)CCC(=O)N[C@H](C(=O)O)c1ccc(F)cc1. The normalized spacial score (nSPS) is 11.7. The summed E-state index contributed by atoms with van der Waals surface area (Å²) in [7, 11) is 0. The van der Waals surface area contributed by atoms with Gasteiger partial charge < -0.3 is 15.2 Å². The zero-order valence-corrected chi connectivity index (χ0v) is 10.4. The van der Waals surface area contributed by atoms with Crippen LogP contribution in [0.1, 0.15) is 31.4 Å². The number of rotatable bonds is 6. The molecule has 5 nitrogen and oxygen atoms in total. The van der Waals surface area contributed by atoms with Crippen LogP contribution in [-0.2, 0) is 14.4 Å². The monoisotopic (exact) mass is 267 g/mol. The standard InChI is InChI=1S/C13H14FNO4/c1-8(16)2-7-11(17)15-12(13(18)19)9-3-5-10(14)6-4-9/h3-6,12H,2,7H2,1H3,(H,15,17)(H,18,19)/t12-/m0/s1. The smallest absolute Gasteiger partial charge is 0.330 e. The Morgan fingerprint density at radius 3 is 2.26 bits per heavy atom. The van der Waals surface area contributed by atoms with Gasteiger partial charge in [0.1, 0.15) is 11.6 Å². The number of aliphatic carboxylic acids is 1. The summed E-state index contributed by atoms with van der Waals surface area (Å²) in [5.41, 5.74) is 0.269. The van der Waals surface area contributed by atoms with Crippen molar-refractivity contribution in [3.8, 4) is 0 Å². The number of Topliss-reactive ketones (excluding diaryl/α,β-unsaturated/α-hetero) is 1. The van der Waals surface area contributed by atoms with Crippen LogP contribution >= 0.6 is 0 Å². The van der Waals surface area contributed by atoms with Gasteiger partial charge in [-0.2, -0.15) is 0 Å². The molecule has 1 atom stereocenters. The molecule has 1 amide bonds. The number of carbonyl (C=O) groups is 3. The minimum atomic E-state index is -1.25. The highest BCUT2D eigenvalue weighted by Gasteiger charge is 2.21. The molecule has 0 saturated carbocycles. The van der Waals surface area contributed by atoms with Crippen molar-refractivity contribution in [1.29, 1.82) is 0 Å². The lowest BCUT2D eigenvalue weighted by Crippen LogP contribution is -2.33. The quantitative estimate of drug-likeness (QED) is 0.816. The Balaban J connectivity index is 2.73. The van der Waals surface area contributed by atoms with Gasteiger partial charge in [-0.3, -0.25) is 4.79 Å². The highest BCUT2D eigenvalue weighted by Crippen LogP contribution is 2.14. The molecule has 1 aromatic rings. The van der Waals surface area contributed by atoms with Crippen molar-refractivity contribution in [2.75, 3.05) is 0 Å². The molecule has 102 valence electrons. The number of carboxylic acid groups (broad SMARTS) is 1. The van der Waals surface area contributed by atoms with Gasteiger partial charge in [0.25, 0.3) is 0 Å². The first-order valence-electron chi connectivity index (χ1n) is 5.67. The lowest BCUT2D eigenvalue weighted by molar-refractivity contribution is -0.142. The first-order valence-corrected chi connectivity index (χ1v) is 5.67. The van der Waals surface area contributed by atoms with E-state index in [1.165, 1.54) is 19.1 Å². The highest BCUT2D eigenvalue weighted by molar-refractivity contribution is 5.87. The van der Waals surface area contributed by atoms with E-state index in [9.17, 15) is 18.8 Å². The summed E-state index contributed by atoms with van der Waals surface area (Å²) in [5, 5.41) is 11.3. The molecule has 0 aliphatic rings. The van der Waals surface area contributed by atoms with Gasteiger partial charge in [0.15, 0.2) is 6.04 Å². The second kappa shape index (κ2) is 6.63. The van der Waals surface area contributed by atoms with Crippen LogP contribution in [0.15, 0.2) is 24.3 Å². The number of carbonyl (C=O) groups excluding carboxylic acids is 2. The Hall–Kier alpha value is -2.24. The van der Waals surface area contributed by atoms with Crippen LogP contribution in [0.25, 0.3) is 0 Å². The molecule has 6 heteroatoms. The fourth-order valence-corrected chi connectivity index (χ4v) is 1.47. The lowest BCUT2D eigenvalue weighted by Gasteiger charge is -2.14. The minimum Gasteiger partial charge on any atom is -0.479 e. The molecule has 0 heterocycles. The van der Waals surface area contributed by atoms with Crippen LogP contribution in [0.5, 0.6) is 0 Å². The van der Waals surface area contributed by atoms with Gasteiger partial charge in [0.05, 0.1) is 0 Å². The Bertz CT molecular complexity index is 484. The number of nitrogens with one attached hydrogen (secondary N) is 1. The van der Waals surface area contributed by atoms with Crippen molar-refractivity contribution in [2.45, 2.75) is 25.8 Å². The van der Waals surface area contributed by atoms with Crippen LogP contribution in [0, 0.1) is 5.82 Å². The van der Waals surface area contributed by atoms with E-state index in [4.69, 9.17) is 5.11 Å². The molecular formula is C13H14FNO4. The molecule has 0 radical (unpaired) electrons. The van der Waals surface area contributed by atoms with Crippen molar-refractivity contribution < 1.29 is 23.9 Å². The molecule has 1 aromatic carbocycles. The molecule has 0 aromatic heterocycles. The summed E-state index contributed by atoms with van der Waals surface area (Å²) in [5.74, 6) is -2.42. The first-order chi connectivity index (χ1) is 8.90. The average Bonchev–Trinajstić information content (AvgIpc) is 2.34. The Morgan fingerprint density at radius 2 is 1.79 bits per heavy atom. The molecule has 0 aliphatic carbocycles. The topological polar surface area (TPSA) is 83.5 Å². The second-order valence-corrected chi connectivity index (χ2v) is 4.09. The zero-order chi connectivity index (χ0) is 14.4. The van der Waals surface area contributed by atoms with E-state index in [1.54, 1.807) is 0 Å². The van der Waals surface area contributed by atoms with Gasteiger partial charge in [-0.1, -0.05) is 12.1 Å². The molecular weight excluding hydrogens is 253 g/mol. The lowest BCUT2D eigenvalue weighted by atomic mass is 10.1. The molecule has 0 bridgehead atoms. The van der Waals surface area contributed by atoms with Crippen molar-refractivity contribution >= 4 is 17.7 Å². The van der Waals surface area contributed by atoms with Crippen molar-refractivity contribution in [3.63, 3.8) is 0 Å². The molecule has 2 N–H and O–H groups in total. The van der Waals surface area contributed by atoms with Crippen LogP contribution < -0.4 is 5.32 Å². The molecule has 0 unspecified atom stereocenters. The Labute approximate surface area is 109 Å². The first kappa shape index (κ1) is 14.8. The Kier molecular flexibility index (Phi) is 5.17. The Morgan fingerprint density at radius 1 is 1.21 bits per heavy atom. The van der Waals surface area contributed by atoms with Crippen molar-refractivity contribution in [1.82, 2.24) is 5.32 Å². The van der Waals surface area contributed by atoms with E-state index >= 15 is 0 Å². The van der Waals surface area contributed by atoms with E-state index in [-0.39, 0.29) is 24.2 Å². The predicted molar refractivity (Wildman–Crippen MR) is 64.8 cm³/mol. The summed E-state index contributed by atoms with van der Waals surface area (Å²) >= 11 is 0. The summed E-state index contributed by atoms with van der Waals surface area (Å²) in [6.45, 7) is 1.35. The third-order valence-electron chi connectivity index (χ3n) is 2.46. The van der Waals surface area contributed by atoms with Crippen LogP contribution in [0.4, 0.5) is 4.39 Å². The third kappa shape index (κ3) is 4.87. The minimum absolute atomic E-state index is 0.0571. The second-order valence-electron chi connectivity index (χ2n) is 4.09. The van der Waals surface area contributed by atoms with Gasteiger partial charge >= 0.3 is 5.97 Å². The molecule has 0 saturated heterocycles. The summed E-state index contributed by atoms with van der Waals surface area (Å²) in [6.07, 6.45) is -0.0120. The van der Waals surface area contributed by atoms with E-state index < -0.39 is 23.7 Å². The molecule has 19 heavy (non-hydrogen) atoms. The number of ketones is 1. The van der Waals surface area contributed by atoms with Gasteiger partial charge in [0.2, 0.25) is 5.91 Å². The fraction of sp³-hybridized carbons (Fsp3) is 0.308. The van der Waals surface area contributed by atoms with Gasteiger partial charge in [-0.25, -0.2) is 9.18 Å². The molecule has 1 rings (SSSR count). The van der Waals surface area contributed by atoms with Gasteiger partial charge in [-0.15, -0.1) is 0 Å². The van der Waals surface area contributed by atoms with Gasteiger partial charge in [-0.05, 0) is 24.6 Å². The molecule has 0 fully saturated rings. The zero-order valence-electron chi connectivity index (χ0n) is 10.4. The highest BCUT2D eigenvalue weighted by atomic mass is 19.1. The van der Waals surface area contributed by atoms with Crippen molar-refractivity contribution in [3.05, 3.63) is 35.6 Å². The maximum atomic E-state index is 12.8. The predicted octanol–water partition coefficient (Wildman–Crippen LogP) is 1.44. The van der Waals surface area contributed by atoms with E-state index in [2.05, 4.69) is 5.32 Å². The summed E-state index contributed by atoms with van der Waals surface area (Å²) in [6, 6.07) is 3.57. The summed E-state index contributed by atoms with van der Waals surface area (Å²) < 4.78 is 12.8. The van der Waals surface area contributed by atoms with E-state index in [1.807, 2.05) is 0 Å². The maximum Gasteiger partial charge on any atom is 0.330 e. The number of benzene rings is 1. The average molecular weight is 267 g/mol. The van der Waals surface area contributed by atoms with Crippen LogP contribution in [-0.4, -0.2) is 22.8 Å². The third-order valence-corrected chi connectivity index (χ3v) is 2.46. The summed E-state index contributed by atoms with van der Waals surface area (Å²) in [4.78, 5) is 33.3. The number of halogens is 1. The molecule has 0 spiro atoms. The van der Waals surface area contributed by atoms with Gasteiger partial charge in [0, 0.05) is 12.8 Å². The number of carboxylic acids is 1. The molecule has 0 aliphatic heterocycles. The van der Waals surface area contributed by atoms with Crippen LogP contribution in [0.2, 0.25) is 0 Å². The van der Waals surface area contributed by atoms with Crippen molar-refractivity contribution in [2.24, 2.45) is 0 Å². The number of hydrogen-bond acceptors (Lipinski definition) is 3.